The third-order valence-corrected chi connectivity index (χ3v) is 6.06. The summed E-state index contributed by atoms with van der Waals surface area (Å²) in [6.45, 7) is 3.34. The van der Waals surface area contributed by atoms with E-state index in [1.165, 1.54) is 0 Å². The van der Waals surface area contributed by atoms with Gasteiger partial charge in [0.25, 0.3) is 7.94 Å². The van der Waals surface area contributed by atoms with E-state index in [9.17, 15) is 19.9 Å². The summed E-state index contributed by atoms with van der Waals surface area (Å²) < 4.78 is 10.3. The van der Waals surface area contributed by atoms with Gasteiger partial charge in [0.05, 0.1) is 13.2 Å². The largest absolute Gasteiger partial charge is 0.872 e. The first-order valence-electron chi connectivity index (χ1n) is 7.72. The van der Waals surface area contributed by atoms with E-state index < -0.39 is 19.6 Å². The van der Waals surface area contributed by atoms with E-state index in [2.05, 4.69) is 0 Å². The van der Waals surface area contributed by atoms with Gasteiger partial charge in [0, 0.05) is 6.42 Å². The SMILES string of the molecule is CCO[P+]([O-])(OCC)C(Cc1ccc2ccccc2c1[O-])C(=O)O. The summed E-state index contributed by atoms with van der Waals surface area (Å²) in [6.07, 6.45) is -0.212. The topological polar surface area (TPSA) is 102 Å². The van der Waals surface area contributed by atoms with Crippen molar-refractivity contribution >= 4 is 24.7 Å². The Morgan fingerprint density at radius 2 is 1.79 bits per heavy atom. The Bertz CT molecular complexity index is 711. The van der Waals surface area contributed by atoms with Crippen LogP contribution >= 0.6 is 7.94 Å². The van der Waals surface area contributed by atoms with E-state index in [4.69, 9.17) is 9.05 Å². The third kappa shape index (κ3) is 3.84. The minimum absolute atomic E-state index is 0.0585. The first-order chi connectivity index (χ1) is 11.4. The standard InChI is InChI=1S/C17H21O6P/c1-3-22-24(21,23-4-2)15(17(19)20)11-13-10-9-12-7-5-6-8-14(12)16(13)18/h5-10,15,18H,3-4,11H2,1-2H3,(H,19,20)/p-1. The van der Waals surface area contributed by atoms with Gasteiger partial charge in [-0.25, -0.2) is 13.8 Å². The Morgan fingerprint density at radius 3 is 2.38 bits per heavy atom. The summed E-state index contributed by atoms with van der Waals surface area (Å²) >= 11 is 0. The molecule has 0 spiro atoms. The van der Waals surface area contributed by atoms with Crippen LogP contribution in [0.25, 0.3) is 10.8 Å². The summed E-state index contributed by atoms with van der Waals surface area (Å²) in [5.74, 6) is -1.58. The molecule has 1 unspecified atom stereocenters. The van der Waals surface area contributed by atoms with Crippen molar-refractivity contribution < 1.29 is 28.9 Å². The highest BCUT2D eigenvalue weighted by Crippen LogP contribution is 2.58. The van der Waals surface area contributed by atoms with Gasteiger partial charge in [0.15, 0.2) is 0 Å². The van der Waals surface area contributed by atoms with Crippen molar-refractivity contribution in [3.63, 3.8) is 0 Å². The maximum absolute atomic E-state index is 12.8. The molecular formula is C17H20O6P-. The number of carboxylic acid groups (broad SMARTS) is 1. The summed E-state index contributed by atoms with van der Waals surface area (Å²) in [4.78, 5) is 24.4. The Kier molecular flexibility index (Phi) is 6.13. The van der Waals surface area contributed by atoms with Crippen LogP contribution in [0.15, 0.2) is 36.4 Å². The zero-order valence-electron chi connectivity index (χ0n) is 13.6. The lowest BCUT2D eigenvalue weighted by molar-refractivity contribution is -0.266. The van der Waals surface area contributed by atoms with Gasteiger partial charge in [-0.05, 0) is 24.6 Å². The van der Waals surface area contributed by atoms with Crippen LogP contribution in [0, 0.1) is 0 Å². The molecule has 0 fully saturated rings. The number of carboxylic acids is 1. The van der Waals surface area contributed by atoms with Crippen molar-refractivity contribution in [2.24, 2.45) is 0 Å². The van der Waals surface area contributed by atoms with Crippen molar-refractivity contribution in [1.29, 1.82) is 0 Å². The molecule has 0 aliphatic heterocycles. The molecule has 2 aromatic rings. The Hall–Kier alpha value is -1.72. The molecule has 0 bridgehead atoms. The molecule has 0 aliphatic carbocycles. The van der Waals surface area contributed by atoms with E-state index in [0.29, 0.717) is 5.39 Å². The number of benzene rings is 2. The summed E-state index contributed by atoms with van der Waals surface area (Å²) in [6, 6.07) is 10.4. The minimum Gasteiger partial charge on any atom is -0.872 e. The summed E-state index contributed by atoms with van der Waals surface area (Å²) in [5, 5.41) is 23.3. The first-order valence-corrected chi connectivity index (χ1v) is 9.33. The second-order valence-corrected chi connectivity index (χ2v) is 7.43. The molecule has 2 aromatic carbocycles. The number of hydrogen-bond acceptors (Lipinski definition) is 5. The van der Waals surface area contributed by atoms with Crippen LogP contribution in [-0.2, 0) is 20.3 Å². The number of rotatable bonds is 8. The molecule has 2 rings (SSSR count). The van der Waals surface area contributed by atoms with Crippen LogP contribution in [0.3, 0.4) is 0 Å². The molecule has 0 saturated carbocycles. The van der Waals surface area contributed by atoms with E-state index in [-0.39, 0.29) is 30.9 Å². The fourth-order valence-electron chi connectivity index (χ4n) is 2.57. The van der Waals surface area contributed by atoms with Crippen molar-refractivity contribution in [3.8, 4) is 5.75 Å². The van der Waals surface area contributed by atoms with Gasteiger partial charge in [-0.15, -0.1) is 0 Å². The molecule has 0 heterocycles. The predicted octanol–water partition coefficient (Wildman–Crippen LogP) is 2.10. The summed E-state index contributed by atoms with van der Waals surface area (Å²) in [5.41, 5.74) is -1.15. The van der Waals surface area contributed by atoms with Crippen molar-refractivity contribution in [3.05, 3.63) is 42.0 Å². The fourth-order valence-corrected chi connectivity index (χ4v) is 4.41. The van der Waals surface area contributed by atoms with Crippen LogP contribution < -0.4 is 10.00 Å². The monoisotopic (exact) mass is 351 g/mol. The van der Waals surface area contributed by atoms with E-state index in [1.807, 2.05) is 6.07 Å². The number of fused-ring (bicyclic) bond motifs is 1. The third-order valence-electron chi connectivity index (χ3n) is 3.66. The fraction of sp³-hybridized carbons (Fsp3) is 0.353. The minimum atomic E-state index is -3.87. The van der Waals surface area contributed by atoms with Crippen LogP contribution in [-0.4, -0.2) is 29.9 Å². The maximum atomic E-state index is 12.8. The number of carbonyl (C=O) groups is 1. The molecule has 7 heteroatoms. The Labute approximate surface area is 141 Å². The van der Waals surface area contributed by atoms with Gasteiger partial charge < -0.3 is 15.1 Å². The highest BCUT2D eigenvalue weighted by atomic mass is 31.2. The average molecular weight is 351 g/mol. The summed E-state index contributed by atoms with van der Waals surface area (Å²) in [7, 11) is -3.87. The van der Waals surface area contributed by atoms with Crippen LogP contribution in [0.1, 0.15) is 19.4 Å². The molecule has 6 nitrogen and oxygen atoms in total. The van der Waals surface area contributed by atoms with Gasteiger partial charge in [0.2, 0.25) is 5.66 Å². The van der Waals surface area contributed by atoms with E-state index in [1.54, 1.807) is 44.2 Å². The lowest BCUT2D eigenvalue weighted by Gasteiger charge is -2.32. The average Bonchev–Trinajstić information content (AvgIpc) is 2.54. The van der Waals surface area contributed by atoms with Gasteiger partial charge in [-0.1, -0.05) is 47.7 Å². The smallest absolute Gasteiger partial charge is 0.350 e. The highest BCUT2D eigenvalue weighted by Gasteiger charge is 2.46. The lowest BCUT2D eigenvalue weighted by atomic mass is 10.0. The highest BCUT2D eigenvalue weighted by molar-refractivity contribution is 7.61. The van der Waals surface area contributed by atoms with E-state index in [0.717, 1.165) is 5.39 Å². The first kappa shape index (κ1) is 18.6. The van der Waals surface area contributed by atoms with Crippen molar-refractivity contribution in [2.75, 3.05) is 13.2 Å². The number of aliphatic carboxylic acids is 1. The van der Waals surface area contributed by atoms with Crippen LogP contribution in [0.2, 0.25) is 0 Å². The molecule has 24 heavy (non-hydrogen) atoms. The molecule has 0 amide bonds. The van der Waals surface area contributed by atoms with E-state index >= 15 is 0 Å². The van der Waals surface area contributed by atoms with Gasteiger partial charge in [-0.3, -0.25) is 0 Å². The van der Waals surface area contributed by atoms with Crippen molar-refractivity contribution in [1.82, 2.24) is 0 Å². The maximum Gasteiger partial charge on any atom is 0.350 e. The zero-order valence-corrected chi connectivity index (χ0v) is 14.5. The molecule has 1 N–H and O–H groups in total. The molecule has 130 valence electrons. The molecule has 1 atom stereocenters. The Morgan fingerprint density at radius 1 is 1.17 bits per heavy atom. The number of hydrogen-bond donors (Lipinski definition) is 1. The molecule has 0 radical (unpaired) electrons. The quantitative estimate of drug-likeness (QED) is 0.731. The second-order valence-electron chi connectivity index (χ2n) is 5.21. The van der Waals surface area contributed by atoms with Crippen LogP contribution in [0.5, 0.6) is 5.75 Å². The molecule has 0 aliphatic rings. The molecule has 0 saturated heterocycles. The van der Waals surface area contributed by atoms with Crippen molar-refractivity contribution in [2.45, 2.75) is 25.9 Å². The lowest BCUT2D eigenvalue weighted by Crippen LogP contribution is -2.35. The van der Waals surface area contributed by atoms with Crippen LogP contribution in [0.4, 0.5) is 0 Å². The van der Waals surface area contributed by atoms with Gasteiger partial charge in [0.1, 0.15) is 0 Å². The molecular weight excluding hydrogens is 331 g/mol. The molecule has 0 aromatic heterocycles. The zero-order chi connectivity index (χ0) is 17.7. The van der Waals surface area contributed by atoms with Gasteiger partial charge >= 0.3 is 5.97 Å². The predicted molar refractivity (Wildman–Crippen MR) is 88.7 cm³/mol. The Balaban J connectivity index is 2.40. The second kappa shape index (κ2) is 7.90. The van der Waals surface area contributed by atoms with Gasteiger partial charge in [-0.2, -0.15) is 0 Å². The normalized spacial score (nSPS) is 13.1.